The average Bonchev–Trinajstić information content (AvgIpc) is 2.35. The zero-order chi connectivity index (χ0) is 15.8. The van der Waals surface area contributed by atoms with Gasteiger partial charge in [-0.2, -0.15) is 4.39 Å². The number of aliphatic carboxylic acids is 1. The highest BCUT2D eigenvalue weighted by molar-refractivity contribution is 5.66. The van der Waals surface area contributed by atoms with Gasteiger partial charge in [0.1, 0.15) is 11.5 Å². The molecule has 0 amide bonds. The Morgan fingerprint density at radius 3 is 2.52 bits per heavy atom. The zero-order valence-electron chi connectivity index (χ0n) is 11.3. The summed E-state index contributed by atoms with van der Waals surface area (Å²) in [5, 5.41) is 21.8. The summed E-state index contributed by atoms with van der Waals surface area (Å²) in [6.45, 7) is 0.316. The monoisotopic (exact) mass is 302 g/mol. The first-order valence-corrected chi connectivity index (χ1v) is 6.51. The van der Waals surface area contributed by atoms with E-state index >= 15 is 0 Å². The Kier molecular flexibility index (Phi) is 6.51. The Balaban J connectivity index is 2.45. The molecule has 0 aliphatic carbocycles. The van der Waals surface area contributed by atoms with Gasteiger partial charge in [0.2, 0.25) is 5.82 Å². The quantitative estimate of drug-likeness (QED) is 0.414. The predicted molar refractivity (Wildman–Crippen MR) is 72.2 cm³/mol. The van der Waals surface area contributed by atoms with E-state index in [4.69, 9.17) is 5.11 Å². The van der Waals surface area contributed by atoms with E-state index in [1.807, 2.05) is 0 Å². The molecule has 0 aliphatic rings. The summed E-state index contributed by atoms with van der Waals surface area (Å²) >= 11 is 0. The highest BCUT2D eigenvalue weighted by Gasteiger charge is 2.21. The number of hydrogen-bond donors (Lipinski definition) is 2. The fraction of sp³-hybridized carbons (Fsp3) is 0.462. The van der Waals surface area contributed by atoms with Crippen molar-refractivity contribution in [3.8, 4) is 0 Å². The number of carboxylic acid groups (broad SMARTS) is 1. The maximum atomic E-state index is 13.3. The van der Waals surface area contributed by atoms with Gasteiger partial charge >= 0.3 is 11.7 Å². The van der Waals surface area contributed by atoms with Gasteiger partial charge in [0.15, 0.2) is 0 Å². The maximum Gasteiger partial charge on any atom is 0.327 e. The highest BCUT2D eigenvalue weighted by Crippen LogP contribution is 2.28. The molecule has 8 heteroatoms. The summed E-state index contributed by atoms with van der Waals surface area (Å²) in [4.78, 5) is 20.1. The molecular weight excluding hydrogens is 286 g/mol. The summed E-state index contributed by atoms with van der Waals surface area (Å²) in [6, 6.07) is 1.35. The molecule has 0 aliphatic heterocycles. The van der Waals surface area contributed by atoms with Crippen LogP contribution in [0.4, 0.5) is 20.2 Å². The van der Waals surface area contributed by atoms with E-state index < -0.39 is 28.2 Å². The normalized spacial score (nSPS) is 10.4. The third-order valence-corrected chi connectivity index (χ3v) is 2.84. The second-order valence-electron chi connectivity index (χ2n) is 4.53. The molecule has 0 radical (unpaired) electrons. The minimum absolute atomic E-state index is 0.105. The molecule has 0 bridgehead atoms. The van der Waals surface area contributed by atoms with E-state index in [0.717, 1.165) is 12.5 Å². The molecule has 0 saturated heterocycles. The zero-order valence-corrected chi connectivity index (χ0v) is 11.3. The van der Waals surface area contributed by atoms with Crippen LogP contribution in [-0.4, -0.2) is 22.5 Å². The Labute approximate surface area is 119 Å². The summed E-state index contributed by atoms with van der Waals surface area (Å²) < 4.78 is 26.4. The molecule has 6 nitrogen and oxygen atoms in total. The lowest BCUT2D eigenvalue weighted by atomic mass is 10.1. The molecule has 0 unspecified atom stereocenters. The number of carboxylic acids is 1. The summed E-state index contributed by atoms with van der Waals surface area (Å²) in [5.74, 6) is -2.95. The highest BCUT2D eigenvalue weighted by atomic mass is 19.1. The first-order valence-electron chi connectivity index (χ1n) is 6.51. The van der Waals surface area contributed by atoms with Crippen molar-refractivity contribution < 1.29 is 23.6 Å². The van der Waals surface area contributed by atoms with Crippen LogP contribution in [0.2, 0.25) is 0 Å². The van der Waals surface area contributed by atoms with E-state index in [1.54, 1.807) is 0 Å². The van der Waals surface area contributed by atoms with Crippen LogP contribution in [0.3, 0.4) is 0 Å². The van der Waals surface area contributed by atoms with Crippen molar-refractivity contribution >= 4 is 17.3 Å². The molecule has 116 valence electrons. The molecule has 2 N–H and O–H groups in total. The summed E-state index contributed by atoms with van der Waals surface area (Å²) in [6.07, 6.45) is 2.73. The molecule has 21 heavy (non-hydrogen) atoms. The minimum atomic E-state index is -1.22. The number of halogens is 2. The fourth-order valence-corrected chi connectivity index (χ4v) is 1.86. The average molecular weight is 302 g/mol. The summed E-state index contributed by atoms with van der Waals surface area (Å²) in [5.41, 5.74) is -0.967. The van der Waals surface area contributed by atoms with Crippen LogP contribution in [0.5, 0.6) is 0 Å². The van der Waals surface area contributed by atoms with Gasteiger partial charge in [-0.05, 0) is 12.8 Å². The van der Waals surface area contributed by atoms with Crippen molar-refractivity contribution in [1.29, 1.82) is 0 Å². The smallest absolute Gasteiger partial charge is 0.327 e. The van der Waals surface area contributed by atoms with E-state index in [9.17, 15) is 23.7 Å². The van der Waals surface area contributed by atoms with Crippen molar-refractivity contribution in [2.24, 2.45) is 0 Å². The van der Waals surface area contributed by atoms with Gasteiger partial charge in [-0.1, -0.05) is 12.8 Å². The van der Waals surface area contributed by atoms with Crippen LogP contribution >= 0.6 is 0 Å². The van der Waals surface area contributed by atoms with Gasteiger partial charge in [-0.15, -0.1) is 0 Å². The van der Waals surface area contributed by atoms with Crippen molar-refractivity contribution in [2.75, 3.05) is 11.9 Å². The molecule has 0 aromatic heterocycles. The Morgan fingerprint density at radius 1 is 1.24 bits per heavy atom. The van der Waals surface area contributed by atoms with Crippen LogP contribution in [0.1, 0.15) is 32.1 Å². The van der Waals surface area contributed by atoms with E-state index in [1.165, 1.54) is 0 Å². The number of nitro groups is 1. The number of nitrogens with one attached hydrogen (secondary N) is 1. The lowest BCUT2D eigenvalue weighted by Gasteiger charge is -2.07. The van der Waals surface area contributed by atoms with Crippen molar-refractivity contribution in [3.63, 3.8) is 0 Å². The summed E-state index contributed by atoms with van der Waals surface area (Å²) in [7, 11) is 0. The van der Waals surface area contributed by atoms with Gasteiger partial charge in [-0.3, -0.25) is 14.9 Å². The first kappa shape index (κ1) is 16.8. The standard InChI is InChI=1S/C13H16F2N2O4/c14-9-7-10(15)13(17(20)21)11(8-9)16-6-4-2-1-3-5-12(18)19/h7-8,16H,1-6H2,(H,18,19). The number of rotatable bonds is 9. The van der Waals surface area contributed by atoms with Crippen LogP contribution in [0.15, 0.2) is 12.1 Å². The third-order valence-electron chi connectivity index (χ3n) is 2.84. The number of benzene rings is 1. The van der Waals surface area contributed by atoms with Crippen molar-refractivity contribution in [3.05, 3.63) is 33.9 Å². The van der Waals surface area contributed by atoms with Gasteiger partial charge in [-0.25, -0.2) is 4.39 Å². The minimum Gasteiger partial charge on any atom is -0.481 e. The van der Waals surface area contributed by atoms with Crippen LogP contribution < -0.4 is 5.32 Å². The number of nitro benzene ring substituents is 1. The Bertz CT molecular complexity index is 523. The van der Waals surface area contributed by atoms with Gasteiger partial charge in [0, 0.05) is 25.1 Å². The molecule has 1 aromatic carbocycles. The molecule has 0 heterocycles. The van der Waals surface area contributed by atoms with Crippen molar-refractivity contribution in [2.45, 2.75) is 32.1 Å². The fourth-order valence-electron chi connectivity index (χ4n) is 1.86. The number of anilines is 1. The SMILES string of the molecule is O=C(O)CCCCCCNc1cc(F)cc(F)c1[N+](=O)[O-]. The number of hydrogen-bond acceptors (Lipinski definition) is 4. The molecule has 0 saturated carbocycles. The topological polar surface area (TPSA) is 92.5 Å². The van der Waals surface area contributed by atoms with Gasteiger partial charge in [0.05, 0.1) is 4.92 Å². The molecule has 0 fully saturated rings. The molecular formula is C13H16F2N2O4. The van der Waals surface area contributed by atoms with Gasteiger partial charge < -0.3 is 10.4 Å². The third kappa shape index (κ3) is 5.72. The van der Waals surface area contributed by atoms with Crippen LogP contribution in [0, 0.1) is 21.7 Å². The number of unbranched alkanes of at least 4 members (excludes halogenated alkanes) is 3. The Hall–Kier alpha value is -2.25. The van der Waals surface area contributed by atoms with Crippen molar-refractivity contribution in [1.82, 2.24) is 0 Å². The number of nitrogens with zero attached hydrogens (tertiary/aromatic N) is 1. The number of carbonyl (C=O) groups is 1. The molecule has 0 atom stereocenters. The first-order chi connectivity index (χ1) is 9.91. The van der Waals surface area contributed by atoms with Crippen LogP contribution in [0.25, 0.3) is 0 Å². The van der Waals surface area contributed by atoms with E-state index in [2.05, 4.69) is 5.32 Å². The lowest BCUT2D eigenvalue weighted by Crippen LogP contribution is -2.06. The molecule has 1 aromatic rings. The van der Waals surface area contributed by atoms with E-state index in [-0.39, 0.29) is 12.1 Å². The second-order valence-corrected chi connectivity index (χ2v) is 4.53. The largest absolute Gasteiger partial charge is 0.481 e. The second kappa shape index (κ2) is 8.13. The predicted octanol–water partition coefficient (Wildman–Crippen LogP) is 3.32. The maximum absolute atomic E-state index is 13.3. The van der Waals surface area contributed by atoms with Gasteiger partial charge in [0.25, 0.3) is 0 Å². The molecule has 1 rings (SSSR count). The van der Waals surface area contributed by atoms with Crippen LogP contribution in [-0.2, 0) is 4.79 Å². The lowest BCUT2D eigenvalue weighted by molar-refractivity contribution is -0.386. The molecule has 0 spiro atoms. The van der Waals surface area contributed by atoms with E-state index in [0.29, 0.717) is 31.9 Å². The Morgan fingerprint density at radius 2 is 1.90 bits per heavy atom.